The van der Waals surface area contributed by atoms with E-state index in [1.54, 1.807) is 37.6 Å². The number of methoxy groups -OCH3 is 1. The van der Waals surface area contributed by atoms with Gasteiger partial charge in [-0.2, -0.15) is 0 Å². The van der Waals surface area contributed by atoms with Crippen LogP contribution in [0.25, 0.3) is 11.2 Å². The maximum atomic E-state index is 13.0. The first-order valence-electron chi connectivity index (χ1n) is 8.47. The van der Waals surface area contributed by atoms with E-state index < -0.39 is 11.5 Å². The lowest BCUT2D eigenvalue weighted by atomic mass is 10.2. The van der Waals surface area contributed by atoms with Crippen molar-refractivity contribution in [3.8, 4) is 0 Å². The largest absolute Gasteiger partial charge is 0.385 e. The summed E-state index contributed by atoms with van der Waals surface area (Å²) in [4.78, 5) is 33.7. The average Bonchev–Trinajstić information content (AvgIpc) is 2.69. The van der Waals surface area contributed by atoms with Crippen LogP contribution in [0.5, 0.6) is 0 Å². The Bertz CT molecular complexity index is 1000. The zero-order valence-electron chi connectivity index (χ0n) is 14.8. The first kappa shape index (κ1) is 18.7. The zero-order chi connectivity index (χ0) is 19.2. The van der Waals surface area contributed by atoms with E-state index in [4.69, 9.17) is 4.74 Å². The molecule has 0 saturated heterocycles. The van der Waals surface area contributed by atoms with Crippen LogP contribution in [0.4, 0.5) is 4.39 Å². The molecule has 3 rings (SSSR count). The van der Waals surface area contributed by atoms with Crippen LogP contribution in [0.1, 0.15) is 22.5 Å². The summed E-state index contributed by atoms with van der Waals surface area (Å²) in [6.45, 7) is 1.01. The molecule has 3 aromatic rings. The van der Waals surface area contributed by atoms with Crippen LogP contribution in [-0.2, 0) is 17.8 Å². The normalized spacial score (nSPS) is 10.9. The SMILES string of the molecule is COCCCn1c(=O)c(C(=O)NCc2ccc(F)cc2)nc2cccnc21. The van der Waals surface area contributed by atoms with E-state index in [0.717, 1.165) is 0 Å². The molecule has 0 fully saturated rings. The average molecular weight is 370 g/mol. The molecular formula is C19H19FN4O3. The van der Waals surface area contributed by atoms with Gasteiger partial charge in [-0.15, -0.1) is 0 Å². The number of amides is 1. The van der Waals surface area contributed by atoms with Crippen LogP contribution in [0.3, 0.4) is 0 Å². The van der Waals surface area contributed by atoms with Crippen molar-refractivity contribution in [1.82, 2.24) is 19.9 Å². The summed E-state index contributed by atoms with van der Waals surface area (Å²) in [5.74, 6) is -0.941. The molecule has 0 bridgehead atoms. The highest BCUT2D eigenvalue weighted by molar-refractivity contribution is 5.93. The molecule has 0 saturated carbocycles. The number of benzene rings is 1. The summed E-state index contributed by atoms with van der Waals surface area (Å²) in [7, 11) is 1.58. The predicted molar refractivity (Wildman–Crippen MR) is 97.9 cm³/mol. The number of nitrogens with one attached hydrogen (secondary N) is 1. The molecule has 1 N–H and O–H groups in total. The van der Waals surface area contributed by atoms with Gasteiger partial charge in [0.2, 0.25) is 0 Å². The van der Waals surface area contributed by atoms with Gasteiger partial charge in [-0.05, 0) is 36.2 Å². The van der Waals surface area contributed by atoms with E-state index in [1.807, 2.05) is 0 Å². The summed E-state index contributed by atoms with van der Waals surface area (Å²) in [5, 5.41) is 2.65. The van der Waals surface area contributed by atoms with E-state index in [2.05, 4.69) is 15.3 Å². The second kappa shape index (κ2) is 8.50. The molecular weight excluding hydrogens is 351 g/mol. The van der Waals surface area contributed by atoms with E-state index in [0.29, 0.717) is 36.3 Å². The Balaban J connectivity index is 1.88. The van der Waals surface area contributed by atoms with Gasteiger partial charge in [0, 0.05) is 33.0 Å². The summed E-state index contributed by atoms with van der Waals surface area (Å²) in [5.41, 5.74) is 0.895. The van der Waals surface area contributed by atoms with Gasteiger partial charge >= 0.3 is 0 Å². The molecule has 0 atom stereocenters. The van der Waals surface area contributed by atoms with Crippen molar-refractivity contribution in [3.05, 3.63) is 70.0 Å². The second-order valence-electron chi connectivity index (χ2n) is 5.92. The van der Waals surface area contributed by atoms with E-state index in [1.165, 1.54) is 16.7 Å². The van der Waals surface area contributed by atoms with Crippen LogP contribution >= 0.6 is 0 Å². The Morgan fingerprint density at radius 3 is 2.78 bits per heavy atom. The quantitative estimate of drug-likeness (QED) is 0.642. The van der Waals surface area contributed by atoms with Gasteiger partial charge in [0.15, 0.2) is 11.3 Å². The molecule has 0 spiro atoms. The maximum absolute atomic E-state index is 13.0. The number of carbonyl (C=O) groups is 1. The van der Waals surface area contributed by atoms with Crippen LogP contribution in [0, 0.1) is 5.82 Å². The summed E-state index contributed by atoms with van der Waals surface area (Å²) < 4.78 is 19.4. The van der Waals surface area contributed by atoms with Gasteiger partial charge in [-0.3, -0.25) is 14.2 Å². The third kappa shape index (κ3) is 4.35. The van der Waals surface area contributed by atoms with E-state index in [-0.39, 0.29) is 18.1 Å². The van der Waals surface area contributed by atoms with Crippen molar-refractivity contribution < 1.29 is 13.9 Å². The number of nitrogens with zero attached hydrogens (tertiary/aromatic N) is 3. The lowest BCUT2D eigenvalue weighted by Gasteiger charge is -2.11. The molecule has 0 radical (unpaired) electrons. The Morgan fingerprint density at radius 2 is 2.04 bits per heavy atom. The van der Waals surface area contributed by atoms with E-state index in [9.17, 15) is 14.0 Å². The van der Waals surface area contributed by atoms with Gasteiger partial charge in [0.1, 0.15) is 11.3 Å². The summed E-state index contributed by atoms with van der Waals surface area (Å²) in [6.07, 6.45) is 2.17. The first-order chi connectivity index (χ1) is 13.1. The van der Waals surface area contributed by atoms with Crippen molar-refractivity contribution in [2.75, 3.05) is 13.7 Å². The molecule has 8 heteroatoms. The van der Waals surface area contributed by atoms with Crippen molar-refractivity contribution >= 4 is 17.1 Å². The standard InChI is InChI=1S/C19H19FN4O3/c1-27-11-3-10-24-17-15(4-2-9-21-17)23-16(19(24)26)18(25)22-12-13-5-7-14(20)8-6-13/h2,4-9H,3,10-12H2,1H3,(H,22,25). The minimum absolute atomic E-state index is 0.162. The highest BCUT2D eigenvalue weighted by Gasteiger charge is 2.18. The highest BCUT2D eigenvalue weighted by Crippen LogP contribution is 2.08. The third-order valence-corrected chi connectivity index (χ3v) is 4.01. The smallest absolute Gasteiger partial charge is 0.283 e. The zero-order valence-corrected chi connectivity index (χ0v) is 14.8. The van der Waals surface area contributed by atoms with Gasteiger partial charge in [-0.25, -0.2) is 14.4 Å². The minimum atomic E-state index is -0.587. The molecule has 7 nitrogen and oxygen atoms in total. The Labute approximate surface area is 154 Å². The molecule has 27 heavy (non-hydrogen) atoms. The Hall–Kier alpha value is -3.13. The number of halogens is 1. The molecule has 1 amide bonds. The Kier molecular flexibility index (Phi) is 5.87. The number of aryl methyl sites for hydroxylation is 1. The number of pyridine rings is 1. The molecule has 2 aromatic heterocycles. The first-order valence-corrected chi connectivity index (χ1v) is 8.47. The van der Waals surface area contributed by atoms with Crippen LogP contribution in [0.15, 0.2) is 47.4 Å². The summed E-state index contributed by atoms with van der Waals surface area (Å²) in [6, 6.07) is 9.14. The number of rotatable bonds is 7. The van der Waals surface area contributed by atoms with Gasteiger partial charge in [0.05, 0.1) is 0 Å². The molecule has 0 unspecified atom stereocenters. The number of aromatic nitrogens is 3. The second-order valence-corrected chi connectivity index (χ2v) is 5.92. The third-order valence-electron chi connectivity index (χ3n) is 4.01. The molecule has 0 aliphatic carbocycles. The fourth-order valence-corrected chi connectivity index (χ4v) is 2.67. The maximum Gasteiger partial charge on any atom is 0.283 e. The lowest BCUT2D eigenvalue weighted by Crippen LogP contribution is -2.35. The van der Waals surface area contributed by atoms with Gasteiger partial charge < -0.3 is 10.1 Å². The monoisotopic (exact) mass is 370 g/mol. The topological polar surface area (TPSA) is 86.1 Å². The number of fused-ring (bicyclic) bond motifs is 1. The van der Waals surface area contributed by atoms with Crippen LogP contribution in [-0.4, -0.2) is 34.2 Å². The predicted octanol–water partition coefficient (Wildman–Crippen LogP) is 1.90. The molecule has 0 aliphatic heterocycles. The Morgan fingerprint density at radius 1 is 1.26 bits per heavy atom. The van der Waals surface area contributed by atoms with Crippen LogP contribution in [0.2, 0.25) is 0 Å². The number of carbonyl (C=O) groups excluding carboxylic acids is 1. The fourth-order valence-electron chi connectivity index (χ4n) is 2.67. The van der Waals surface area contributed by atoms with Crippen molar-refractivity contribution in [1.29, 1.82) is 0 Å². The van der Waals surface area contributed by atoms with Gasteiger partial charge in [-0.1, -0.05) is 12.1 Å². The summed E-state index contributed by atoms with van der Waals surface area (Å²) >= 11 is 0. The molecule has 2 heterocycles. The molecule has 1 aromatic carbocycles. The van der Waals surface area contributed by atoms with Crippen molar-refractivity contribution in [3.63, 3.8) is 0 Å². The number of hydrogen-bond donors (Lipinski definition) is 1. The van der Waals surface area contributed by atoms with Crippen molar-refractivity contribution in [2.45, 2.75) is 19.5 Å². The lowest BCUT2D eigenvalue weighted by molar-refractivity contribution is 0.0944. The fraction of sp³-hybridized carbons (Fsp3) is 0.263. The molecule has 0 aliphatic rings. The molecule has 140 valence electrons. The van der Waals surface area contributed by atoms with E-state index >= 15 is 0 Å². The number of ether oxygens (including phenoxy) is 1. The van der Waals surface area contributed by atoms with Crippen LogP contribution < -0.4 is 10.9 Å². The van der Waals surface area contributed by atoms with Gasteiger partial charge in [0.25, 0.3) is 11.5 Å². The number of hydrogen-bond acceptors (Lipinski definition) is 5. The van der Waals surface area contributed by atoms with Crippen molar-refractivity contribution in [2.24, 2.45) is 0 Å². The highest BCUT2D eigenvalue weighted by atomic mass is 19.1. The minimum Gasteiger partial charge on any atom is -0.385 e.